The van der Waals surface area contributed by atoms with Crippen LogP contribution in [-0.4, -0.2) is 74.4 Å². The zero-order valence-corrected chi connectivity index (χ0v) is 23.4. The Morgan fingerprint density at radius 2 is 2.07 bits per heavy atom. The molecule has 1 amide bonds. The number of hydrogen-bond acceptors (Lipinski definition) is 7. The van der Waals surface area contributed by atoms with Crippen molar-refractivity contribution in [2.45, 2.75) is 74.1 Å². The van der Waals surface area contributed by atoms with Gasteiger partial charge in [0.15, 0.2) is 17.6 Å². The van der Waals surface area contributed by atoms with Crippen molar-refractivity contribution >= 4 is 22.8 Å². The molecule has 8 rings (SSSR count). The average molecular weight is 573 g/mol. The number of benzene rings is 2. The maximum absolute atomic E-state index is 13.5. The lowest BCUT2D eigenvalue weighted by atomic mass is 9.49. The summed E-state index contributed by atoms with van der Waals surface area (Å²) in [4.78, 5) is 31.3. The second-order valence-corrected chi connectivity index (χ2v) is 13.0. The number of hydrogen-bond donors (Lipinski definition) is 6. The van der Waals surface area contributed by atoms with Crippen LogP contribution in [0.25, 0.3) is 10.9 Å². The number of likely N-dealkylation sites (tertiary alicyclic amines) is 1. The van der Waals surface area contributed by atoms with E-state index in [0.29, 0.717) is 55.0 Å². The summed E-state index contributed by atoms with van der Waals surface area (Å²) in [5.74, 6) is -0.367. The number of amides is 1. The highest BCUT2D eigenvalue weighted by atomic mass is 16.5. The van der Waals surface area contributed by atoms with Gasteiger partial charge >= 0.3 is 5.97 Å². The molecular weight excluding hydrogens is 536 g/mol. The summed E-state index contributed by atoms with van der Waals surface area (Å²) in [6.07, 6.45) is 4.41. The maximum atomic E-state index is 13.5. The molecule has 1 aromatic heterocycles. The first-order chi connectivity index (χ1) is 20.3. The first-order valence-corrected chi connectivity index (χ1v) is 15.1. The topological polar surface area (TPSA) is 161 Å². The summed E-state index contributed by atoms with van der Waals surface area (Å²) >= 11 is 0. The van der Waals surface area contributed by atoms with E-state index in [2.05, 4.69) is 15.2 Å². The summed E-state index contributed by atoms with van der Waals surface area (Å²) in [6.45, 7) is 2.17. The highest BCUT2D eigenvalue weighted by Gasteiger charge is 2.72. The molecule has 1 saturated heterocycles. The van der Waals surface area contributed by atoms with Crippen molar-refractivity contribution in [1.82, 2.24) is 15.2 Å². The quantitative estimate of drug-likeness (QED) is 0.240. The lowest BCUT2D eigenvalue weighted by Gasteiger charge is -2.62. The number of carbonyl (C=O) groups is 2. The summed E-state index contributed by atoms with van der Waals surface area (Å²) in [5.41, 5.74) is 8.43. The third-order valence-electron chi connectivity index (χ3n) is 10.7. The second kappa shape index (κ2) is 8.95. The highest BCUT2D eigenvalue weighted by Crippen LogP contribution is 2.69. The maximum Gasteiger partial charge on any atom is 0.326 e. The summed E-state index contributed by atoms with van der Waals surface area (Å²) in [6, 6.07) is 7.97. The molecule has 1 spiro atoms. The number of para-hydroxylation sites is 1. The number of carbonyl (C=O) groups excluding carboxylic acids is 1. The number of nitrogens with zero attached hydrogens (tertiary/aromatic N) is 1. The van der Waals surface area contributed by atoms with E-state index < -0.39 is 35.0 Å². The Bertz CT molecular complexity index is 1650. The number of phenolic OH excluding ortho intramolecular Hbond substituents is 1. The van der Waals surface area contributed by atoms with Gasteiger partial charge in [-0.3, -0.25) is 9.69 Å². The van der Waals surface area contributed by atoms with E-state index in [1.165, 1.54) is 12.8 Å². The number of aromatic nitrogens is 1. The number of aromatic amines is 1. The van der Waals surface area contributed by atoms with E-state index in [1.807, 2.05) is 12.1 Å². The molecule has 10 heteroatoms. The second-order valence-electron chi connectivity index (χ2n) is 13.0. The van der Waals surface area contributed by atoms with Gasteiger partial charge in [-0.25, -0.2) is 4.79 Å². The number of carboxylic acids is 1. The number of H-pyrrole nitrogens is 1. The molecule has 3 aromatic rings. The van der Waals surface area contributed by atoms with E-state index in [1.54, 1.807) is 18.2 Å². The number of ether oxygens (including phenoxy) is 1. The first kappa shape index (κ1) is 26.1. The van der Waals surface area contributed by atoms with E-state index in [-0.39, 0.29) is 18.2 Å². The molecule has 1 saturated carbocycles. The monoisotopic (exact) mass is 572 g/mol. The van der Waals surface area contributed by atoms with Gasteiger partial charge in [0, 0.05) is 30.0 Å². The molecule has 7 N–H and O–H groups in total. The molecule has 5 aliphatic rings. The van der Waals surface area contributed by atoms with Gasteiger partial charge in [-0.15, -0.1) is 0 Å². The van der Waals surface area contributed by atoms with Gasteiger partial charge in [0.2, 0.25) is 0 Å². The Morgan fingerprint density at radius 3 is 2.83 bits per heavy atom. The number of nitrogens with one attached hydrogen (secondary N) is 2. The Kier molecular flexibility index (Phi) is 5.55. The summed E-state index contributed by atoms with van der Waals surface area (Å²) in [7, 11) is 0. The van der Waals surface area contributed by atoms with E-state index >= 15 is 0 Å². The van der Waals surface area contributed by atoms with Crippen molar-refractivity contribution in [3.05, 3.63) is 58.3 Å². The zero-order valence-electron chi connectivity index (χ0n) is 23.4. The minimum Gasteiger partial charge on any atom is -0.504 e. The molecule has 10 nitrogen and oxygen atoms in total. The largest absolute Gasteiger partial charge is 0.504 e. The molecule has 2 fully saturated rings. The normalized spacial score (nSPS) is 29.5. The number of phenols is 1. The standard InChI is InChI=1S/C32H36N4O6/c33-11-2-5-21(30(39)40)34-29(38)19-4-1-3-18-20-14-32(41)23-13-17-8-9-22(37)27-24(17)31(32,10-12-36(23)15-16-6-7-16)28(42-27)26(20)35-25(18)19/h1,3-4,8-9,16,21,23,28,35,37,41H,2,5-7,10-15,33H2,(H,34,38)(H,39,40)/t21-,23+,28-,31-,32+/m0/s1. The number of aliphatic hydroxyl groups is 1. The molecule has 2 aliphatic heterocycles. The van der Waals surface area contributed by atoms with Crippen molar-refractivity contribution in [2.24, 2.45) is 11.7 Å². The van der Waals surface area contributed by atoms with Crippen molar-refractivity contribution in [1.29, 1.82) is 0 Å². The van der Waals surface area contributed by atoms with Gasteiger partial charge in [-0.2, -0.15) is 0 Å². The van der Waals surface area contributed by atoms with Gasteiger partial charge in [-0.1, -0.05) is 18.2 Å². The predicted molar refractivity (Wildman–Crippen MR) is 154 cm³/mol. The molecule has 0 radical (unpaired) electrons. The van der Waals surface area contributed by atoms with Crippen molar-refractivity contribution in [3.63, 3.8) is 0 Å². The van der Waals surface area contributed by atoms with Crippen LogP contribution in [0.4, 0.5) is 0 Å². The fourth-order valence-electron chi connectivity index (χ4n) is 8.65. The molecule has 5 atom stereocenters. The van der Waals surface area contributed by atoms with Crippen LogP contribution in [0.1, 0.15) is 71.0 Å². The van der Waals surface area contributed by atoms with Gasteiger partial charge < -0.3 is 36.1 Å². The Morgan fingerprint density at radius 1 is 1.24 bits per heavy atom. The van der Waals surface area contributed by atoms with Gasteiger partial charge in [0.25, 0.3) is 5.91 Å². The lowest BCUT2D eigenvalue weighted by molar-refractivity contribution is -0.173. The number of aromatic hydroxyl groups is 1. The highest BCUT2D eigenvalue weighted by molar-refractivity contribution is 6.08. The molecule has 42 heavy (non-hydrogen) atoms. The van der Waals surface area contributed by atoms with Gasteiger partial charge in [0.05, 0.1) is 27.8 Å². The van der Waals surface area contributed by atoms with Gasteiger partial charge in [0.1, 0.15) is 6.04 Å². The van der Waals surface area contributed by atoms with Crippen LogP contribution in [0.5, 0.6) is 11.5 Å². The SMILES string of the molecule is NCCC[C@H](NC(=O)c1cccc2c3c([nH]c12)[C@@H]1Oc2c(O)ccc4c2[C@@]12CCN(CC1CC1)[C@H](C4)[C@]2(O)C3)C(=O)O. The molecule has 2 bridgehead atoms. The van der Waals surface area contributed by atoms with Crippen LogP contribution in [0, 0.1) is 5.92 Å². The number of aliphatic carboxylic acids is 1. The van der Waals surface area contributed by atoms with Crippen molar-refractivity contribution in [3.8, 4) is 11.5 Å². The Labute approximate surface area is 242 Å². The molecule has 0 unspecified atom stereocenters. The van der Waals surface area contributed by atoms with Crippen LogP contribution in [-0.2, 0) is 23.1 Å². The number of carboxylic acid groups (broad SMARTS) is 1. The van der Waals surface area contributed by atoms with Crippen LogP contribution in [0.3, 0.4) is 0 Å². The minimum atomic E-state index is -1.13. The number of rotatable bonds is 8. The number of fused-ring (bicyclic) bond motifs is 4. The summed E-state index contributed by atoms with van der Waals surface area (Å²) < 4.78 is 6.65. The molecular formula is C32H36N4O6. The molecule has 2 aromatic carbocycles. The van der Waals surface area contributed by atoms with E-state index in [4.69, 9.17) is 10.5 Å². The Hall–Kier alpha value is -3.60. The smallest absolute Gasteiger partial charge is 0.326 e. The number of nitrogens with two attached hydrogens (primary N) is 1. The zero-order chi connectivity index (χ0) is 29.0. The van der Waals surface area contributed by atoms with Gasteiger partial charge in [-0.05, 0) is 80.8 Å². The minimum absolute atomic E-state index is 0.0775. The Balaban J connectivity index is 1.26. The molecule has 3 aliphatic carbocycles. The third-order valence-corrected chi connectivity index (χ3v) is 10.7. The van der Waals surface area contributed by atoms with Crippen LogP contribution >= 0.6 is 0 Å². The summed E-state index contributed by atoms with van der Waals surface area (Å²) in [5, 5.41) is 37.1. The first-order valence-electron chi connectivity index (χ1n) is 15.1. The number of piperidine rings is 1. The van der Waals surface area contributed by atoms with Crippen LogP contribution in [0.15, 0.2) is 30.3 Å². The van der Waals surface area contributed by atoms with Crippen molar-refractivity contribution in [2.75, 3.05) is 19.6 Å². The van der Waals surface area contributed by atoms with E-state index in [9.17, 15) is 24.9 Å². The fraction of sp³-hybridized carbons (Fsp3) is 0.500. The van der Waals surface area contributed by atoms with E-state index in [0.717, 1.165) is 40.9 Å². The average Bonchev–Trinajstić information content (AvgIpc) is 3.60. The molecule has 220 valence electrons. The molecule has 3 heterocycles. The van der Waals surface area contributed by atoms with Crippen LogP contribution < -0.4 is 15.8 Å². The van der Waals surface area contributed by atoms with Crippen LogP contribution in [0.2, 0.25) is 0 Å². The predicted octanol–water partition coefficient (Wildman–Crippen LogP) is 2.49. The third kappa shape index (κ3) is 3.37. The fourth-order valence-corrected chi connectivity index (χ4v) is 8.65. The lowest BCUT2D eigenvalue weighted by Crippen LogP contribution is -2.74. The van der Waals surface area contributed by atoms with Crippen molar-refractivity contribution < 1.29 is 29.6 Å².